The van der Waals surface area contributed by atoms with Crippen molar-refractivity contribution >= 4 is 23.3 Å². The van der Waals surface area contributed by atoms with Crippen LogP contribution in [-0.2, 0) is 11.2 Å². The Morgan fingerprint density at radius 1 is 1.19 bits per heavy atom. The van der Waals surface area contributed by atoms with Crippen molar-refractivity contribution in [3.05, 3.63) is 81.9 Å². The van der Waals surface area contributed by atoms with E-state index in [-0.39, 0.29) is 23.7 Å². The fraction of sp³-hybridized carbons (Fsp3) is 0.308. The van der Waals surface area contributed by atoms with Gasteiger partial charge in [-0.2, -0.15) is 0 Å². The summed E-state index contributed by atoms with van der Waals surface area (Å²) in [5, 5.41) is 8.81. The molecule has 6 heteroatoms. The molecule has 1 atom stereocenters. The van der Waals surface area contributed by atoms with Gasteiger partial charge >= 0.3 is 5.97 Å². The zero-order chi connectivity index (χ0) is 23.2. The normalized spacial score (nSPS) is 18.4. The summed E-state index contributed by atoms with van der Waals surface area (Å²) in [6, 6.07) is 9.98. The van der Waals surface area contributed by atoms with E-state index < -0.39 is 23.3 Å². The number of hydrogen-bond donors (Lipinski definition) is 1. The molecule has 166 valence electrons. The van der Waals surface area contributed by atoms with E-state index in [1.54, 1.807) is 4.58 Å². The predicted octanol–water partition coefficient (Wildman–Crippen LogP) is 5.41. The highest BCUT2D eigenvalue weighted by molar-refractivity contribution is 6.16. The second-order valence-electron chi connectivity index (χ2n) is 9.07. The van der Waals surface area contributed by atoms with Crippen LogP contribution in [0.5, 0.6) is 0 Å². The minimum absolute atomic E-state index is 0.00380. The summed E-state index contributed by atoms with van der Waals surface area (Å²) in [5.74, 6) is -2.81. The topological polar surface area (TPSA) is 40.3 Å². The lowest BCUT2D eigenvalue weighted by Crippen LogP contribution is -2.42. The van der Waals surface area contributed by atoms with Gasteiger partial charge in [0.25, 0.3) is 0 Å². The predicted molar refractivity (Wildman–Crippen MR) is 119 cm³/mol. The molecule has 0 radical (unpaired) electrons. The van der Waals surface area contributed by atoms with E-state index in [9.17, 15) is 9.18 Å². The number of nitrogens with zero attached hydrogens (tertiary/aromatic N) is 1. The molecule has 1 N–H and O–H groups in total. The molecule has 0 amide bonds. The lowest BCUT2D eigenvalue weighted by molar-refractivity contribution is -0.572. The van der Waals surface area contributed by atoms with E-state index in [1.165, 1.54) is 13.8 Å². The lowest BCUT2D eigenvalue weighted by atomic mass is 9.88. The average Bonchev–Trinajstić information content (AvgIpc) is 3.05. The van der Waals surface area contributed by atoms with Crippen LogP contribution in [0.2, 0.25) is 0 Å². The Morgan fingerprint density at radius 3 is 2.47 bits per heavy atom. The highest BCUT2D eigenvalue weighted by atomic mass is 19.1. The van der Waals surface area contributed by atoms with Gasteiger partial charge in [0.1, 0.15) is 17.2 Å². The summed E-state index contributed by atoms with van der Waals surface area (Å²) in [7, 11) is 0. The van der Waals surface area contributed by atoms with Gasteiger partial charge in [0.15, 0.2) is 18.3 Å². The second kappa shape index (κ2) is 8.08. The quantitative estimate of drug-likeness (QED) is 0.499. The number of benzene rings is 2. The maximum atomic E-state index is 15.4. The summed E-state index contributed by atoms with van der Waals surface area (Å²) >= 11 is 0. The number of carboxylic acid groups (broad SMARTS) is 1. The van der Waals surface area contributed by atoms with E-state index in [0.717, 1.165) is 46.6 Å². The van der Waals surface area contributed by atoms with E-state index in [2.05, 4.69) is 0 Å². The number of alkyl halides is 1. The van der Waals surface area contributed by atoms with E-state index in [4.69, 9.17) is 5.11 Å². The van der Waals surface area contributed by atoms with Crippen molar-refractivity contribution in [1.29, 1.82) is 0 Å². The number of carboxylic acids is 1. The minimum Gasteiger partial charge on any atom is -0.478 e. The molecule has 1 aliphatic carbocycles. The molecule has 0 saturated carbocycles. The van der Waals surface area contributed by atoms with Gasteiger partial charge in [-0.3, -0.25) is 0 Å². The van der Waals surface area contributed by atoms with Crippen molar-refractivity contribution in [3.63, 3.8) is 0 Å². The molecule has 0 saturated heterocycles. The lowest BCUT2D eigenvalue weighted by Gasteiger charge is -2.26. The van der Waals surface area contributed by atoms with E-state index in [1.807, 2.05) is 31.2 Å². The number of halogens is 3. The van der Waals surface area contributed by atoms with Crippen LogP contribution in [0.4, 0.5) is 13.2 Å². The van der Waals surface area contributed by atoms with Crippen molar-refractivity contribution < 1.29 is 27.6 Å². The van der Waals surface area contributed by atoms with Crippen LogP contribution in [0.25, 0.3) is 11.6 Å². The third kappa shape index (κ3) is 4.14. The molecule has 1 heterocycles. The summed E-state index contributed by atoms with van der Waals surface area (Å²) in [6.07, 6.45) is 3.16. The van der Waals surface area contributed by atoms with Crippen molar-refractivity contribution in [2.75, 3.05) is 6.54 Å². The fourth-order valence-electron chi connectivity index (χ4n) is 4.70. The van der Waals surface area contributed by atoms with Gasteiger partial charge in [0, 0.05) is 24.5 Å². The summed E-state index contributed by atoms with van der Waals surface area (Å²) in [6.45, 7) is 4.85. The molecule has 2 aromatic rings. The molecule has 2 aliphatic rings. The molecule has 0 aromatic heterocycles. The third-order valence-electron chi connectivity index (χ3n) is 5.94. The molecular formula is C26H25F3NO2+. The number of aliphatic carboxylic acids is 1. The Labute approximate surface area is 185 Å². The van der Waals surface area contributed by atoms with Crippen LogP contribution in [0, 0.1) is 11.6 Å². The van der Waals surface area contributed by atoms with Crippen molar-refractivity contribution in [1.82, 2.24) is 0 Å². The first-order valence-electron chi connectivity index (χ1n) is 10.6. The van der Waals surface area contributed by atoms with Gasteiger partial charge in [-0.05, 0) is 61.2 Å². The number of fused-ring (bicyclic) bond motifs is 2. The molecule has 1 aliphatic heterocycles. The molecule has 2 aromatic carbocycles. The van der Waals surface area contributed by atoms with Gasteiger partial charge in [-0.25, -0.2) is 22.5 Å². The molecule has 32 heavy (non-hydrogen) atoms. The second-order valence-corrected chi connectivity index (χ2v) is 9.07. The molecule has 0 fully saturated rings. The SMILES string of the molecule is C[C@@H]1CC2=C(Cc3ccccc32)C(c2c(F)cc(/C=C/C(=O)O)cc2F)=[N+]1CC(C)(C)F. The number of carbonyl (C=O) groups is 1. The van der Waals surface area contributed by atoms with Crippen LogP contribution < -0.4 is 0 Å². The molecule has 0 bridgehead atoms. The summed E-state index contributed by atoms with van der Waals surface area (Å²) in [5.41, 5.74) is 2.75. The summed E-state index contributed by atoms with van der Waals surface area (Å²) < 4.78 is 47.2. The number of rotatable bonds is 5. The van der Waals surface area contributed by atoms with Crippen LogP contribution in [0.3, 0.4) is 0 Å². The number of hydrogen-bond acceptors (Lipinski definition) is 1. The Kier molecular flexibility index (Phi) is 5.57. The maximum Gasteiger partial charge on any atom is 0.328 e. The Balaban J connectivity index is 1.94. The molecule has 3 nitrogen and oxygen atoms in total. The smallest absolute Gasteiger partial charge is 0.328 e. The van der Waals surface area contributed by atoms with Crippen molar-refractivity contribution in [2.45, 2.75) is 45.3 Å². The molecule has 4 rings (SSSR count). The number of allylic oxidation sites excluding steroid dienone is 1. The Bertz CT molecular complexity index is 1180. The van der Waals surface area contributed by atoms with E-state index >= 15 is 8.78 Å². The maximum absolute atomic E-state index is 15.4. The Hall–Kier alpha value is -3.15. The molecule has 0 unspecified atom stereocenters. The van der Waals surface area contributed by atoms with Crippen LogP contribution in [-0.4, -0.2) is 39.6 Å². The zero-order valence-corrected chi connectivity index (χ0v) is 18.3. The first kappa shape index (κ1) is 22.1. The third-order valence-corrected chi connectivity index (χ3v) is 5.94. The van der Waals surface area contributed by atoms with Crippen molar-refractivity contribution in [2.24, 2.45) is 0 Å². The average molecular weight is 440 g/mol. The van der Waals surface area contributed by atoms with Gasteiger partial charge < -0.3 is 5.11 Å². The summed E-state index contributed by atoms with van der Waals surface area (Å²) in [4.78, 5) is 10.8. The fourth-order valence-corrected chi connectivity index (χ4v) is 4.70. The van der Waals surface area contributed by atoms with Crippen LogP contribution in [0.15, 0.2) is 48.0 Å². The standard InChI is InChI=1S/C26H24F3NO2/c1-15-10-19-18-7-5-4-6-17(18)13-20(19)25(30(15)14-26(2,3)29)24-21(27)11-16(12-22(24)28)8-9-23(31)32/h4-9,11-12,15H,10,13-14H2,1-3H3/p+1/b9-8+/t15-/m1/s1. The van der Waals surface area contributed by atoms with Crippen molar-refractivity contribution in [3.8, 4) is 0 Å². The van der Waals surface area contributed by atoms with Crippen LogP contribution in [0.1, 0.15) is 49.4 Å². The molecular weight excluding hydrogens is 415 g/mol. The van der Waals surface area contributed by atoms with Gasteiger partial charge in [-0.1, -0.05) is 24.3 Å². The molecule has 0 spiro atoms. The first-order valence-corrected chi connectivity index (χ1v) is 10.6. The van der Waals surface area contributed by atoms with Crippen LogP contribution >= 0.6 is 0 Å². The monoisotopic (exact) mass is 440 g/mol. The van der Waals surface area contributed by atoms with Gasteiger partial charge in [0.2, 0.25) is 5.71 Å². The minimum atomic E-state index is -1.57. The Morgan fingerprint density at radius 2 is 1.84 bits per heavy atom. The highest BCUT2D eigenvalue weighted by Gasteiger charge is 2.42. The van der Waals surface area contributed by atoms with Gasteiger partial charge in [0.05, 0.1) is 0 Å². The van der Waals surface area contributed by atoms with E-state index in [0.29, 0.717) is 18.6 Å². The van der Waals surface area contributed by atoms with Gasteiger partial charge in [-0.15, -0.1) is 0 Å². The highest BCUT2D eigenvalue weighted by Crippen LogP contribution is 2.41. The largest absolute Gasteiger partial charge is 0.478 e. The zero-order valence-electron chi connectivity index (χ0n) is 18.3. The first-order chi connectivity index (χ1) is 15.0.